The topological polar surface area (TPSA) is 55.4 Å². The van der Waals surface area contributed by atoms with E-state index in [2.05, 4.69) is 10.1 Å². The highest BCUT2D eigenvalue weighted by atomic mass is 16.5. The number of ether oxygens (including phenoxy) is 1. The lowest BCUT2D eigenvalue weighted by Crippen LogP contribution is -2.23. The third-order valence-corrected chi connectivity index (χ3v) is 1.69. The number of esters is 1. The molecule has 1 aliphatic heterocycles. The standard InChI is InChI=1S/C8H11NO3/c1-12-8(11)5-3-6-2-4-7(10)9-6/h3,5-6H,2,4H2,1H3,(H,9,10)/b5-3+/t6-/m1/s1. The van der Waals surface area contributed by atoms with Crippen LogP contribution in [-0.2, 0) is 14.3 Å². The molecule has 12 heavy (non-hydrogen) atoms. The normalized spacial score (nSPS) is 22.8. The molecular formula is C8H11NO3. The number of carbonyl (C=O) groups excluding carboxylic acids is 2. The molecule has 0 spiro atoms. The van der Waals surface area contributed by atoms with E-state index in [4.69, 9.17) is 0 Å². The first kappa shape index (κ1) is 8.77. The zero-order chi connectivity index (χ0) is 8.97. The molecule has 66 valence electrons. The quantitative estimate of drug-likeness (QED) is 0.467. The summed E-state index contributed by atoms with van der Waals surface area (Å²) in [4.78, 5) is 21.3. The highest BCUT2D eigenvalue weighted by Crippen LogP contribution is 2.07. The van der Waals surface area contributed by atoms with Crippen LogP contribution in [0.3, 0.4) is 0 Å². The zero-order valence-electron chi connectivity index (χ0n) is 6.87. The van der Waals surface area contributed by atoms with Crippen LogP contribution in [0.4, 0.5) is 0 Å². The molecule has 1 atom stereocenters. The fourth-order valence-corrected chi connectivity index (χ4v) is 1.04. The van der Waals surface area contributed by atoms with Gasteiger partial charge in [0.2, 0.25) is 5.91 Å². The molecule has 1 fully saturated rings. The Hall–Kier alpha value is -1.32. The maximum absolute atomic E-state index is 10.7. The minimum atomic E-state index is -0.392. The first-order valence-corrected chi connectivity index (χ1v) is 3.78. The second-order valence-electron chi connectivity index (χ2n) is 2.59. The Morgan fingerprint density at radius 3 is 3.00 bits per heavy atom. The second-order valence-corrected chi connectivity index (χ2v) is 2.59. The molecule has 0 aromatic rings. The molecule has 1 aliphatic rings. The molecule has 1 heterocycles. The van der Waals surface area contributed by atoms with Crippen LogP contribution < -0.4 is 5.32 Å². The van der Waals surface area contributed by atoms with Crippen molar-refractivity contribution >= 4 is 11.9 Å². The van der Waals surface area contributed by atoms with Crippen LogP contribution in [-0.4, -0.2) is 25.0 Å². The van der Waals surface area contributed by atoms with Gasteiger partial charge in [-0.25, -0.2) is 4.79 Å². The van der Waals surface area contributed by atoms with Crippen LogP contribution in [0.25, 0.3) is 0 Å². The Labute approximate surface area is 70.6 Å². The van der Waals surface area contributed by atoms with Gasteiger partial charge in [0.05, 0.1) is 7.11 Å². The summed E-state index contributed by atoms with van der Waals surface area (Å²) < 4.78 is 4.40. The van der Waals surface area contributed by atoms with E-state index in [-0.39, 0.29) is 11.9 Å². The highest BCUT2D eigenvalue weighted by molar-refractivity contribution is 5.83. The van der Waals surface area contributed by atoms with Gasteiger partial charge in [0.1, 0.15) is 0 Å². The summed E-state index contributed by atoms with van der Waals surface area (Å²) in [6.07, 6.45) is 4.27. The first-order valence-electron chi connectivity index (χ1n) is 3.78. The maximum Gasteiger partial charge on any atom is 0.330 e. The Kier molecular flexibility index (Phi) is 2.85. The molecule has 4 nitrogen and oxygen atoms in total. The van der Waals surface area contributed by atoms with Crippen molar-refractivity contribution in [3.63, 3.8) is 0 Å². The Balaban J connectivity index is 2.36. The van der Waals surface area contributed by atoms with Gasteiger partial charge in [-0.1, -0.05) is 6.08 Å². The lowest BCUT2D eigenvalue weighted by Gasteiger charge is -2.00. The van der Waals surface area contributed by atoms with E-state index in [1.807, 2.05) is 0 Å². The number of amides is 1. The van der Waals surface area contributed by atoms with Gasteiger partial charge < -0.3 is 10.1 Å². The van der Waals surface area contributed by atoms with Crippen LogP contribution >= 0.6 is 0 Å². The Bertz CT molecular complexity index is 222. The Morgan fingerprint density at radius 2 is 2.50 bits per heavy atom. The zero-order valence-corrected chi connectivity index (χ0v) is 6.87. The van der Waals surface area contributed by atoms with Crippen LogP contribution in [0.2, 0.25) is 0 Å². The summed E-state index contributed by atoms with van der Waals surface area (Å²) in [5.41, 5.74) is 0. The molecule has 0 aromatic heterocycles. The number of hydrogen-bond acceptors (Lipinski definition) is 3. The minimum Gasteiger partial charge on any atom is -0.466 e. The molecule has 0 saturated carbocycles. The average Bonchev–Trinajstić information content (AvgIpc) is 2.47. The number of rotatable bonds is 2. The summed E-state index contributed by atoms with van der Waals surface area (Å²) in [7, 11) is 1.32. The first-order chi connectivity index (χ1) is 5.72. The predicted octanol–water partition coefficient (Wildman–Crippen LogP) is -0.00580. The lowest BCUT2D eigenvalue weighted by atomic mass is 10.2. The van der Waals surface area contributed by atoms with Crippen molar-refractivity contribution in [2.45, 2.75) is 18.9 Å². The van der Waals surface area contributed by atoms with Crippen LogP contribution in [0.15, 0.2) is 12.2 Å². The molecule has 1 amide bonds. The molecule has 0 radical (unpaired) electrons. The number of carbonyl (C=O) groups is 2. The van der Waals surface area contributed by atoms with E-state index in [0.717, 1.165) is 6.42 Å². The van der Waals surface area contributed by atoms with Crippen molar-refractivity contribution in [1.82, 2.24) is 5.32 Å². The molecule has 0 aliphatic carbocycles. The van der Waals surface area contributed by atoms with E-state index in [1.165, 1.54) is 13.2 Å². The van der Waals surface area contributed by atoms with Crippen molar-refractivity contribution in [3.8, 4) is 0 Å². The average molecular weight is 169 g/mol. The third-order valence-electron chi connectivity index (χ3n) is 1.69. The number of nitrogens with one attached hydrogen (secondary N) is 1. The van der Waals surface area contributed by atoms with Gasteiger partial charge in [-0.05, 0) is 6.42 Å². The van der Waals surface area contributed by atoms with Crippen LogP contribution in [0.5, 0.6) is 0 Å². The van der Waals surface area contributed by atoms with Gasteiger partial charge in [0.15, 0.2) is 0 Å². The second kappa shape index (κ2) is 3.90. The largest absolute Gasteiger partial charge is 0.466 e. The summed E-state index contributed by atoms with van der Waals surface area (Å²) in [5, 5.41) is 2.70. The van der Waals surface area contributed by atoms with E-state index in [9.17, 15) is 9.59 Å². The van der Waals surface area contributed by atoms with E-state index in [1.54, 1.807) is 6.08 Å². The van der Waals surface area contributed by atoms with Gasteiger partial charge in [-0.3, -0.25) is 4.79 Å². The van der Waals surface area contributed by atoms with Crippen molar-refractivity contribution in [2.24, 2.45) is 0 Å². The lowest BCUT2D eigenvalue weighted by molar-refractivity contribution is -0.134. The van der Waals surface area contributed by atoms with Crippen molar-refractivity contribution in [2.75, 3.05) is 7.11 Å². The summed E-state index contributed by atoms with van der Waals surface area (Å²) in [6.45, 7) is 0. The fraction of sp³-hybridized carbons (Fsp3) is 0.500. The summed E-state index contributed by atoms with van der Waals surface area (Å²) in [6, 6.07) is -0.00315. The van der Waals surface area contributed by atoms with E-state index < -0.39 is 5.97 Å². The fourth-order valence-electron chi connectivity index (χ4n) is 1.04. The molecule has 0 unspecified atom stereocenters. The van der Waals surface area contributed by atoms with Gasteiger partial charge in [0, 0.05) is 18.5 Å². The molecular weight excluding hydrogens is 158 g/mol. The number of hydrogen-bond donors (Lipinski definition) is 1. The molecule has 4 heteroatoms. The van der Waals surface area contributed by atoms with E-state index in [0.29, 0.717) is 6.42 Å². The summed E-state index contributed by atoms with van der Waals surface area (Å²) >= 11 is 0. The van der Waals surface area contributed by atoms with Crippen molar-refractivity contribution < 1.29 is 14.3 Å². The van der Waals surface area contributed by atoms with Crippen molar-refractivity contribution in [3.05, 3.63) is 12.2 Å². The molecule has 0 bridgehead atoms. The third kappa shape index (κ3) is 2.38. The monoisotopic (exact) mass is 169 g/mol. The maximum atomic E-state index is 10.7. The molecule has 0 aromatic carbocycles. The highest BCUT2D eigenvalue weighted by Gasteiger charge is 2.17. The van der Waals surface area contributed by atoms with Gasteiger partial charge in [-0.2, -0.15) is 0 Å². The van der Waals surface area contributed by atoms with E-state index >= 15 is 0 Å². The smallest absolute Gasteiger partial charge is 0.330 e. The van der Waals surface area contributed by atoms with Gasteiger partial charge in [0.25, 0.3) is 0 Å². The minimum absolute atomic E-state index is 0.00315. The van der Waals surface area contributed by atoms with Crippen molar-refractivity contribution in [1.29, 1.82) is 0 Å². The van der Waals surface area contributed by atoms with Crippen LogP contribution in [0.1, 0.15) is 12.8 Å². The molecule has 1 saturated heterocycles. The number of methoxy groups -OCH3 is 1. The van der Waals surface area contributed by atoms with Gasteiger partial charge >= 0.3 is 5.97 Å². The Morgan fingerprint density at radius 1 is 1.75 bits per heavy atom. The molecule has 1 N–H and O–H groups in total. The van der Waals surface area contributed by atoms with Crippen LogP contribution in [0, 0.1) is 0 Å². The summed E-state index contributed by atoms with van der Waals surface area (Å²) in [5.74, 6) is -0.356. The SMILES string of the molecule is COC(=O)/C=C/[C@H]1CCC(=O)N1. The van der Waals surface area contributed by atoms with Gasteiger partial charge in [-0.15, -0.1) is 0 Å². The molecule has 1 rings (SSSR count). The predicted molar refractivity (Wildman–Crippen MR) is 42.3 cm³/mol.